The number of dihydropyridines is 1. The molecule has 1 spiro atoms. The van der Waals surface area contributed by atoms with Crippen molar-refractivity contribution >= 4 is 22.8 Å². The molecule has 12 rings (SSSR count). The van der Waals surface area contributed by atoms with Gasteiger partial charge in [0.05, 0.1) is 12.4 Å². The summed E-state index contributed by atoms with van der Waals surface area (Å²) < 4.78 is 31.1. The topological polar surface area (TPSA) is 370 Å². The molecule has 0 radical (unpaired) electrons. The number of aliphatic hydroxyl groups is 6. The average molecular weight is 1090 g/mol. The minimum Gasteiger partial charge on any atom is -0.508 e. The molecule has 416 valence electrons. The fourth-order valence-electron chi connectivity index (χ4n) is 14.2. The number of aromatic amines is 1. The fourth-order valence-corrected chi connectivity index (χ4v) is 14.2. The lowest BCUT2D eigenvalue weighted by molar-refractivity contribution is -0.362. The molecular formula is C57H62N6O16. The van der Waals surface area contributed by atoms with Gasteiger partial charge in [0.25, 0.3) is 0 Å². The molecule has 7 aliphatic rings. The quantitative estimate of drug-likeness (QED) is 0.0561. The lowest BCUT2D eigenvalue weighted by Gasteiger charge is -2.69. The number of nitrogens with one attached hydrogen (secondary N) is 4. The second kappa shape index (κ2) is 19.2. The van der Waals surface area contributed by atoms with Crippen molar-refractivity contribution in [2.45, 2.75) is 93.3 Å². The predicted octanol–water partition coefficient (Wildman–Crippen LogP) is 2.42. The van der Waals surface area contributed by atoms with E-state index in [0.717, 1.165) is 29.7 Å². The predicted molar refractivity (Wildman–Crippen MR) is 282 cm³/mol. The van der Waals surface area contributed by atoms with Crippen molar-refractivity contribution in [3.63, 3.8) is 0 Å². The number of nitrogen functional groups attached to an aromatic ring is 1. The number of aryl methyl sites for hydroxylation is 1. The molecule has 2 saturated heterocycles. The number of benzene rings is 3. The number of anilines is 1. The molecule has 0 amide bonds. The molecule has 0 unspecified atom stereocenters. The standard InChI is InChI=1S/C57H62N6O16/c1-2-26-15-29(17-32(65)16-26)51(71)78-48-39(20-38-45(47(48)68)36(66)19-37(76-38)27-4-9-33(10-5-27)75-40(24-64)46(67)35-11-12-43(58)63-35)77-53-55(73)21-41-54(42-23-60-25-62-42,57(74,52(55)72)49(79-53)50(69)70)14-13-31-8-7-30-6-3-28-22-61-44(59)18-34(28)56(30,31)41/h3-6,9-12,15-21,30-31,40,42,46,49,51-53,60-65,67-68,71-74H,2,7-8,13-14,22-25,58-59H2,1H3,(H,69,70)/t30-,31-,40+,42-,46+,49+,51+,52-,53+,54-,55+,56+,57-/m0/s1. The molecule has 17 N–H and O–H groups in total. The van der Waals surface area contributed by atoms with Gasteiger partial charge in [0, 0.05) is 65.6 Å². The minimum atomic E-state index is -2.80. The van der Waals surface area contributed by atoms with Crippen LogP contribution >= 0.6 is 0 Å². The van der Waals surface area contributed by atoms with E-state index in [1.54, 1.807) is 18.2 Å². The van der Waals surface area contributed by atoms with Crippen LogP contribution in [0.2, 0.25) is 0 Å². The Morgan fingerprint density at radius 3 is 2.49 bits per heavy atom. The average Bonchev–Trinajstić information content (AvgIpc) is 4.36. The summed E-state index contributed by atoms with van der Waals surface area (Å²) in [5.41, 5.74) is 6.57. The molecule has 5 aromatic rings. The van der Waals surface area contributed by atoms with Crippen LogP contribution in [0.15, 0.2) is 123 Å². The van der Waals surface area contributed by atoms with Crippen molar-refractivity contribution < 1.29 is 74.1 Å². The van der Waals surface area contributed by atoms with Gasteiger partial charge < -0.3 is 96.4 Å². The number of hydrogen-bond donors (Lipinski definition) is 15. The normalized spacial score (nSPS) is 31.6. The molecule has 22 heteroatoms. The van der Waals surface area contributed by atoms with Crippen LogP contribution in [-0.4, -0.2) is 125 Å². The van der Waals surface area contributed by atoms with Crippen molar-refractivity contribution in [3.8, 4) is 40.1 Å². The molecule has 4 fully saturated rings. The molecule has 79 heavy (non-hydrogen) atoms. The SMILES string of the molecule is CCc1cc(O)cc([C@H](O)Oc2c(O[C@@H]3O[C@H](C(=O)O)[C@]4(O)[C@@H](O)[C@]3(O)C=C3[C@]56C7=C(C=C[C@H]5CC[C@H]6CC[C@@]34[C@@H]3CNCN3)CNC(N)=C7)cc3oc(-c4ccc(O[C@H](CO)[C@H](O)c5ccc(N)[nH]5)cc4)cc(=O)c3c2O)c1. The van der Waals surface area contributed by atoms with Crippen LogP contribution in [0.3, 0.4) is 0 Å². The Morgan fingerprint density at radius 2 is 1.78 bits per heavy atom. The Bertz CT molecular complexity index is 3460. The smallest absolute Gasteiger partial charge is 0.336 e. The number of phenols is 2. The second-order valence-electron chi connectivity index (χ2n) is 21.7. The van der Waals surface area contributed by atoms with Gasteiger partial charge in [0.1, 0.15) is 51.9 Å². The summed E-state index contributed by atoms with van der Waals surface area (Å²) in [7, 11) is 0. The molecule has 2 saturated carbocycles. The van der Waals surface area contributed by atoms with Gasteiger partial charge in [-0.25, -0.2) is 4.79 Å². The molecule has 13 atom stereocenters. The third-order valence-corrected chi connectivity index (χ3v) is 17.7. The van der Waals surface area contributed by atoms with Gasteiger partial charge in [0.15, 0.2) is 34.7 Å². The first-order chi connectivity index (χ1) is 37.8. The van der Waals surface area contributed by atoms with Crippen LogP contribution in [-0.2, 0) is 16.0 Å². The zero-order chi connectivity index (χ0) is 55.5. The van der Waals surface area contributed by atoms with E-state index in [1.807, 2.05) is 19.1 Å². The molecule has 3 aromatic carbocycles. The van der Waals surface area contributed by atoms with Crippen LogP contribution in [0.4, 0.5) is 5.82 Å². The van der Waals surface area contributed by atoms with Gasteiger partial charge in [-0.05, 0) is 133 Å². The van der Waals surface area contributed by atoms with E-state index in [4.69, 9.17) is 34.8 Å². The zero-order valence-corrected chi connectivity index (χ0v) is 42.8. The number of aromatic hydroxyl groups is 2. The summed E-state index contributed by atoms with van der Waals surface area (Å²) in [6, 6.07) is 15.0. The molecule has 3 aliphatic heterocycles. The van der Waals surface area contributed by atoms with E-state index in [2.05, 4.69) is 27.0 Å². The summed E-state index contributed by atoms with van der Waals surface area (Å²) in [4.78, 5) is 31.0. The van der Waals surface area contributed by atoms with Crippen LogP contribution < -0.4 is 47.1 Å². The molecule has 2 aromatic heterocycles. The first kappa shape index (κ1) is 52.3. The Morgan fingerprint density at radius 1 is 0.987 bits per heavy atom. The third kappa shape index (κ3) is 7.86. The largest absolute Gasteiger partial charge is 0.508 e. The maximum Gasteiger partial charge on any atom is 0.336 e. The number of carbonyl (C=O) groups is 1. The number of nitrogens with two attached hydrogens (primary N) is 2. The summed E-state index contributed by atoms with van der Waals surface area (Å²) >= 11 is 0. The maximum atomic E-state index is 14.2. The molecular weight excluding hydrogens is 1020 g/mol. The number of aliphatic hydroxyl groups excluding tert-OH is 4. The van der Waals surface area contributed by atoms with Crippen LogP contribution in [0.5, 0.6) is 28.7 Å². The Hall–Kier alpha value is -7.38. The lowest BCUT2D eigenvalue weighted by atomic mass is 9.39. The Kier molecular flexibility index (Phi) is 12.7. The number of carboxylic acids is 1. The summed E-state index contributed by atoms with van der Waals surface area (Å²) in [6.07, 6.45) is -1.12. The number of aliphatic carboxylic acids is 1. The molecule has 2 bridgehead atoms. The molecule has 4 aliphatic carbocycles. The van der Waals surface area contributed by atoms with Crippen LogP contribution in [0.1, 0.15) is 61.8 Å². The number of allylic oxidation sites excluding steroid dienone is 3. The highest BCUT2D eigenvalue weighted by atomic mass is 16.7. The summed E-state index contributed by atoms with van der Waals surface area (Å²) in [5, 5.41) is 116. The number of H-pyrrole nitrogens is 1. The third-order valence-electron chi connectivity index (χ3n) is 17.7. The monoisotopic (exact) mass is 1090 g/mol. The zero-order valence-electron chi connectivity index (χ0n) is 42.8. The van der Waals surface area contributed by atoms with Gasteiger partial charge in [-0.1, -0.05) is 19.1 Å². The van der Waals surface area contributed by atoms with Crippen LogP contribution in [0.25, 0.3) is 22.3 Å². The highest BCUT2D eigenvalue weighted by Gasteiger charge is 2.81. The number of hydrogen-bond acceptors (Lipinski definition) is 20. The van der Waals surface area contributed by atoms with E-state index >= 15 is 0 Å². The first-order valence-electron chi connectivity index (χ1n) is 26.4. The summed E-state index contributed by atoms with van der Waals surface area (Å²) in [5.74, 6) is -3.54. The number of ether oxygens (including phenoxy) is 4. The van der Waals surface area contributed by atoms with Gasteiger partial charge in [-0.15, -0.1) is 0 Å². The van der Waals surface area contributed by atoms with Crippen molar-refractivity contribution in [2.75, 3.05) is 32.1 Å². The van der Waals surface area contributed by atoms with E-state index < -0.39 is 106 Å². The Labute approximate surface area is 450 Å². The summed E-state index contributed by atoms with van der Waals surface area (Å²) in [6.45, 7) is 2.19. The second-order valence-corrected chi connectivity index (χ2v) is 21.7. The maximum absolute atomic E-state index is 14.2. The van der Waals surface area contributed by atoms with Gasteiger partial charge in [-0.3, -0.25) is 10.1 Å². The van der Waals surface area contributed by atoms with Crippen molar-refractivity contribution in [2.24, 2.45) is 28.4 Å². The highest BCUT2D eigenvalue weighted by Crippen LogP contribution is 2.74. The van der Waals surface area contributed by atoms with Crippen molar-refractivity contribution in [3.05, 3.63) is 141 Å². The number of phenolic OH excluding ortho intramolecular Hbond substituents is 2. The lowest BCUT2D eigenvalue weighted by Crippen LogP contribution is -2.84. The number of carboxylic acid groups (broad SMARTS) is 1. The fraction of sp³-hybridized carbons (Fsp3) is 0.404. The highest BCUT2D eigenvalue weighted by molar-refractivity contribution is 5.90. The number of rotatable bonds is 14. The van der Waals surface area contributed by atoms with Gasteiger partial charge >= 0.3 is 5.97 Å². The van der Waals surface area contributed by atoms with Crippen molar-refractivity contribution in [1.29, 1.82) is 0 Å². The molecule has 22 nitrogen and oxygen atoms in total. The minimum absolute atomic E-state index is 0.0216. The van der Waals surface area contributed by atoms with E-state index in [9.17, 15) is 55.5 Å². The first-order valence-corrected chi connectivity index (χ1v) is 26.4. The van der Waals surface area contributed by atoms with E-state index in [-0.39, 0.29) is 53.2 Å². The molecule has 5 heterocycles. The van der Waals surface area contributed by atoms with E-state index in [0.29, 0.717) is 66.5 Å². The number of aromatic nitrogens is 1. The van der Waals surface area contributed by atoms with E-state index in [1.165, 1.54) is 42.5 Å². The van der Waals surface area contributed by atoms with Crippen LogP contribution in [0, 0.1) is 22.7 Å². The number of fused-ring (bicyclic) bond motifs is 5. The van der Waals surface area contributed by atoms with Gasteiger partial charge in [-0.2, -0.15) is 0 Å². The Balaban J connectivity index is 1.00. The van der Waals surface area contributed by atoms with Gasteiger partial charge in [0.2, 0.25) is 18.3 Å². The van der Waals surface area contributed by atoms with Crippen molar-refractivity contribution in [1.82, 2.24) is 20.9 Å².